The number of Topliss-reactive ketones (excluding diaryl/α,β-unsaturated/α-hetero) is 2. The maximum Gasteiger partial charge on any atom is 0.170 e. The Balaban J connectivity index is 1.88. The van der Waals surface area contributed by atoms with Gasteiger partial charge in [0.1, 0.15) is 11.4 Å². The van der Waals surface area contributed by atoms with Crippen LogP contribution < -0.4 is 0 Å². The average Bonchev–Trinajstić information content (AvgIpc) is 2.70. The first-order valence-electron chi connectivity index (χ1n) is 13.8. The van der Waals surface area contributed by atoms with Gasteiger partial charge in [0.15, 0.2) is 12.1 Å². The lowest BCUT2D eigenvalue weighted by Crippen LogP contribution is -2.60. The third kappa shape index (κ3) is 6.02. The van der Waals surface area contributed by atoms with Crippen molar-refractivity contribution in [2.75, 3.05) is 0 Å². The van der Waals surface area contributed by atoms with Gasteiger partial charge in [-0.05, 0) is 97.8 Å². The van der Waals surface area contributed by atoms with Crippen molar-refractivity contribution in [3.8, 4) is 0 Å². The minimum absolute atomic E-state index is 0.0118. The molecule has 7 unspecified atom stereocenters. The van der Waals surface area contributed by atoms with Crippen LogP contribution in [-0.4, -0.2) is 51.5 Å². The summed E-state index contributed by atoms with van der Waals surface area (Å²) in [7, 11) is 0. The molecule has 3 rings (SSSR count). The summed E-state index contributed by atoms with van der Waals surface area (Å²) in [5.41, 5.74) is -2.67. The van der Waals surface area contributed by atoms with Gasteiger partial charge in [-0.25, -0.2) is 0 Å². The second-order valence-corrected chi connectivity index (χ2v) is 13.4. The summed E-state index contributed by atoms with van der Waals surface area (Å²) in [4.78, 5) is 26.9. The van der Waals surface area contributed by atoms with E-state index in [0.29, 0.717) is 25.2 Å². The number of hydrogen-bond donors (Lipinski definition) is 2. The van der Waals surface area contributed by atoms with E-state index in [1.807, 2.05) is 27.7 Å². The molecule has 0 spiro atoms. The molecule has 0 radical (unpaired) electrons. The highest BCUT2D eigenvalue weighted by Crippen LogP contribution is 2.60. The molecule has 8 atom stereocenters. The van der Waals surface area contributed by atoms with Crippen LogP contribution in [0.1, 0.15) is 113 Å². The van der Waals surface area contributed by atoms with Crippen LogP contribution in [0.15, 0.2) is 0 Å². The van der Waals surface area contributed by atoms with E-state index in [-0.39, 0.29) is 34.9 Å². The Hall–Kier alpha value is -0.820. The monoisotopic (exact) mass is 494 g/mol. The minimum Gasteiger partial charge on any atom is -0.393 e. The van der Waals surface area contributed by atoms with Crippen LogP contribution in [0.3, 0.4) is 0 Å². The second kappa shape index (κ2) is 10.2. The maximum atomic E-state index is 14.4. The second-order valence-electron chi connectivity index (χ2n) is 13.4. The van der Waals surface area contributed by atoms with Crippen LogP contribution in [-0.2, 0) is 19.1 Å². The summed E-state index contributed by atoms with van der Waals surface area (Å²) >= 11 is 0. The summed E-state index contributed by atoms with van der Waals surface area (Å²) in [6.07, 6.45) is 5.19. The molecule has 0 aromatic rings. The number of aliphatic hydroxyl groups excluding tert-OH is 2. The van der Waals surface area contributed by atoms with Gasteiger partial charge >= 0.3 is 0 Å². The fourth-order valence-electron chi connectivity index (χ4n) is 8.18. The molecular formula is C29H50O6. The molecule has 2 N–H and O–H groups in total. The number of aliphatic hydroxyl groups is 2. The molecule has 3 aliphatic carbocycles. The summed E-state index contributed by atoms with van der Waals surface area (Å²) in [5.74, 6) is 0.562. The van der Waals surface area contributed by atoms with Gasteiger partial charge in [0.2, 0.25) is 0 Å². The van der Waals surface area contributed by atoms with Gasteiger partial charge in [-0.1, -0.05) is 26.7 Å². The van der Waals surface area contributed by atoms with E-state index in [4.69, 9.17) is 9.47 Å². The Morgan fingerprint density at radius 3 is 2.31 bits per heavy atom. The van der Waals surface area contributed by atoms with Gasteiger partial charge in [0.05, 0.1) is 17.8 Å². The van der Waals surface area contributed by atoms with Crippen LogP contribution in [0.25, 0.3) is 0 Å². The molecule has 35 heavy (non-hydrogen) atoms. The van der Waals surface area contributed by atoms with E-state index in [1.165, 1.54) is 0 Å². The van der Waals surface area contributed by atoms with E-state index in [9.17, 15) is 19.8 Å². The fourth-order valence-corrected chi connectivity index (χ4v) is 8.18. The van der Waals surface area contributed by atoms with Gasteiger partial charge in [0.25, 0.3) is 0 Å². The predicted octanol–water partition coefficient (Wildman–Crippen LogP) is 5.22. The number of hydrogen-bond acceptors (Lipinski definition) is 6. The SMILES string of the molecule is CCC12CC(O)C[C@](C(=O)C(C)(C)OC(C)(C)C3CCC(C)CC3OC(C)O)(CC(C(C)=O)C1)C2. The first kappa shape index (κ1) is 28.7. The molecule has 0 amide bonds. The molecule has 3 aliphatic rings. The largest absolute Gasteiger partial charge is 0.393 e. The number of ether oxygens (including phenoxy) is 2. The van der Waals surface area contributed by atoms with E-state index in [0.717, 1.165) is 38.5 Å². The van der Waals surface area contributed by atoms with E-state index in [1.54, 1.807) is 13.8 Å². The Morgan fingerprint density at radius 2 is 1.74 bits per heavy atom. The highest BCUT2D eigenvalue weighted by Gasteiger charge is 2.60. The van der Waals surface area contributed by atoms with Crippen molar-refractivity contribution >= 4 is 11.6 Å². The average molecular weight is 495 g/mol. The van der Waals surface area contributed by atoms with Gasteiger partial charge in [-0.15, -0.1) is 0 Å². The molecule has 0 aromatic heterocycles. The first-order chi connectivity index (χ1) is 16.0. The molecule has 6 nitrogen and oxygen atoms in total. The first-order valence-corrected chi connectivity index (χ1v) is 13.8. The van der Waals surface area contributed by atoms with E-state index < -0.39 is 29.0 Å². The number of carbonyl (C=O) groups is 2. The molecule has 0 aromatic carbocycles. The third-order valence-electron chi connectivity index (χ3n) is 9.52. The number of carbonyl (C=O) groups excluding carboxylic acids is 2. The van der Waals surface area contributed by atoms with Crippen molar-refractivity contribution < 1.29 is 29.3 Å². The lowest BCUT2D eigenvalue weighted by atomic mass is 9.48. The van der Waals surface area contributed by atoms with Crippen molar-refractivity contribution in [2.24, 2.45) is 28.6 Å². The van der Waals surface area contributed by atoms with Gasteiger partial charge in [0, 0.05) is 17.3 Å². The zero-order valence-electron chi connectivity index (χ0n) is 23.4. The van der Waals surface area contributed by atoms with Crippen molar-refractivity contribution in [2.45, 2.75) is 143 Å². The van der Waals surface area contributed by atoms with Gasteiger partial charge < -0.3 is 19.7 Å². The van der Waals surface area contributed by atoms with Crippen LogP contribution in [0.5, 0.6) is 0 Å². The molecule has 6 heteroatoms. The molecule has 3 saturated carbocycles. The topological polar surface area (TPSA) is 93.1 Å². The van der Waals surface area contributed by atoms with Crippen molar-refractivity contribution in [1.29, 1.82) is 0 Å². The normalized spacial score (nSPS) is 39.2. The quantitative estimate of drug-likeness (QED) is 0.427. The van der Waals surface area contributed by atoms with Crippen molar-refractivity contribution in [1.82, 2.24) is 0 Å². The molecule has 3 fully saturated rings. The maximum absolute atomic E-state index is 14.4. The van der Waals surface area contributed by atoms with E-state index in [2.05, 4.69) is 13.8 Å². The van der Waals surface area contributed by atoms with Crippen LogP contribution >= 0.6 is 0 Å². The highest BCUT2D eigenvalue weighted by molar-refractivity contribution is 5.93. The van der Waals surface area contributed by atoms with Crippen LogP contribution in [0.2, 0.25) is 0 Å². The minimum atomic E-state index is -1.09. The highest BCUT2D eigenvalue weighted by atomic mass is 16.6. The van der Waals surface area contributed by atoms with Crippen LogP contribution in [0, 0.1) is 28.6 Å². The predicted molar refractivity (Wildman–Crippen MR) is 136 cm³/mol. The Labute approximate surface area is 212 Å². The molecule has 202 valence electrons. The number of ketones is 2. The zero-order chi connectivity index (χ0) is 26.4. The molecule has 0 saturated heterocycles. The fraction of sp³-hybridized carbons (Fsp3) is 0.931. The smallest absolute Gasteiger partial charge is 0.170 e. The molecule has 0 heterocycles. The third-order valence-corrected chi connectivity index (χ3v) is 9.52. The van der Waals surface area contributed by atoms with Gasteiger partial charge in [-0.3, -0.25) is 9.59 Å². The summed E-state index contributed by atoms with van der Waals surface area (Å²) in [6.45, 7) is 15.4. The standard InChI is InChI=1S/C29H50O6/c1-9-28-13-21(19(3)30)14-29(17-28,16-22(32)15-28)25(33)27(7,8)35-26(5,6)23-11-10-18(2)12-24(23)34-20(4)31/h18,20-24,31-32H,9-17H2,1-8H3/t18?,20?,21?,22?,23?,24?,28?,29-/m1/s1. The molecule has 2 bridgehead atoms. The van der Waals surface area contributed by atoms with E-state index >= 15 is 0 Å². The zero-order valence-corrected chi connectivity index (χ0v) is 23.4. The number of rotatable bonds is 9. The van der Waals surface area contributed by atoms with Crippen molar-refractivity contribution in [3.05, 3.63) is 0 Å². The molecular weight excluding hydrogens is 444 g/mol. The van der Waals surface area contributed by atoms with Crippen molar-refractivity contribution in [3.63, 3.8) is 0 Å². The number of fused-ring (bicyclic) bond motifs is 2. The summed E-state index contributed by atoms with van der Waals surface area (Å²) in [6, 6.07) is 0. The lowest BCUT2D eigenvalue weighted by Gasteiger charge is -2.57. The summed E-state index contributed by atoms with van der Waals surface area (Å²) < 4.78 is 12.7. The summed E-state index contributed by atoms with van der Waals surface area (Å²) in [5, 5.41) is 20.8. The Bertz CT molecular complexity index is 786. The van der Waals surface area contributed by atoms with Gasteiger partial charge in [-0.2, -0.15) is 0 Å². The Morgan fingerprint density at radius 1 is 1.09 bits per heavy atom. The Kier molecular flexibility index (Phi) is 8.34. The lowest BCUT2D eigenvalue weighted by molar-refractivity contribution is -0.221. The molecule has 0 aliphatic heterocycles. The van der Waals surface area contributed by atoms with Crippen LogP contribution in [0.4, 0.5) is 0 Å².